The zero-order valence-electron chi connectivity index (χ0n) is 5.91. The summed E-state index contributed by atoms with van der Waals surface area (Å²) in [7, 11) is -4.89. The van der Waals surface area contributed by atoms with E-state index in [4.69, 9.17) is 19.2 Å². The van der Waals surface area contributed by atoms with Crippen LogP contribution in [0, 0.1) is 0 Å². The van der Waals surface area contributed by atoms with Gasteiger partial charge in [-0.3, -0.25) is 4.57 Å². The van der Waals surface area contributed by atoms with Crippen molar-refractivity contribution in [2.75, 3.05) is 0 Å². The Hall–Kier alpha value is 4.96. The largest absolute Gasteiger partial charge is 1.00 e. The van der Waals surface area contributed by atoms with E-state index in [0.717, 1.165) is 0 Å². The van der Waals surface area contributed by atoms with E-state index in [1.165, 1.54) is 0 Å². The van der Waals surface area contributed by atoms with E-state index in [-0.39, 0.29) is 157 Å². The van der Waals surface area contributed by atoms with E-state index in [9.17, 15) is 0 Å². The van der Waals surface area contributed by atoms with E-state index in [1.807, 2.05) is 0 Å². The molecule has 0 atom stereocenters. The van der Waals surface area contributed by atoms with E-state index in [2.05, 4.69) is 0 Å². The second-order valence-electron chi connectivity index (χ2n) is 0.491. The second-order valence-corrected chi connectivity index (χ2v) is 1.47. The molecule has 0 aliphatic carbocycles. The van der Waals surface area contributed by atoms with Gasteiger partial charge in [0.2, 0.25) is 0 Å². The molecule has 0 aromatic heterocycles. The molecule has 0 unspecified atom stereocenters. The van der Waals surface area contributed by atoms with Crippen molar-refractivity contribution >= 4 is 7.82 Å². The van der Waals surface area contributed by atoms with Gasteiger partial charge in [0.15, 0.2) is 0 Å². The van der Waals surface area contributed by atoms with Gasteiger partial charge in [0.25, 0.3) is 7.82 Å². The van der Waals surface area contributed by atoms with Crippen molar-refractivity contribution < 1.29 is 176 Å². The number of halogens is 2. The van der Waals surface area contributed by atoms with Gasteiger partial charge in [-0.05, 0) is 0 Å². The minimum Gasteiger partial charge on any atom is -1.00 e. The molecule has 0 saturated carbocycles. The van der Waals surface area contributed by atoms with Crippen LogP contribution in [0.15, 0.2) is 0 Å². The van der Waals surface area contributed by atoms with Crippen LogP contribution < -0.4 is 162 Å². The number of hydrogen-bond acceptors (Lipinski definition) is 2. The van der Waals surface area contributed by atoms with E-state index in [0.29, 0.717) is 0 Å². The van der Waals surface area contributed by atoms with Crippen molar-refractivity contribution in [3.05, 3.63) is 0 Å². The topological polar surface area (TPSA) is 80.6 Å². The van der Waals surface area contributed by atoms with Gasteiger partial charge in [0.05, 0.1) is 0 Å². The number of phosphoric acid groups is 1. The average Bonchev–Trinajstić information content (AvgIpc) is 0.722. The Bertz CT molecular complexity index is 67.4. The Balaban J connectivity index is -0.00000000800. The van der Waals surface area contributed by atoms with Crippen LogP contribution in [0.2, 0.25) is 0 Å². The summed E-state index contributed by atoms with van der Waals surface area (Å²) in [6.07, 6.45) is 0. The molecule has 0 rings (SSSR count). The quantitative estimate of drug-likeness (QED) is 0.338. The molecule has 0 fully saturated rings. The smallest absolute Gasteiger partial charge is 1.00 e. The molecule has 4 nitrogen and oxygen atoms in total. The first-order chi connectivity index (χ1) is 2.00. The summed E-state index contributed by atoms with van der Waals surface area (Å²) in [6, 6.07) is 0. The fraction of sp³-hybridized carbons (Fsp3) is 0. The molecule has 0 aliphatic heterocycles. The van der Waals surface area contributed by atoms with Crippen molar-refractivity contribution in [1.29, 1.82) is 0 Å². The Kier molecular flexibility index (Phi) is 70.9. The van der Waals surface area contributed by atoms with Gasteiger partial charge in [-0.2, -0.15) is 0 Å². The molecule has 10 heavy (non-hydrogen) atoms. The predicted octanol–water partition coefficient (Wildman–Crippen LogP) is -16.5. The van der Waals surface area contributed by atoms with Gasteiger partial charge < -0.3 is 39.5 Å². The van der Waals surface area contributed by atoms with Gasteiger partial charge >= 0.3 is 132 Å². The molecule has 0 aromatic carbocycles. The van der Waals surface area contributed by atoms with Crippen molar-refractivity contribution in [2.45, 2.75) is 0 Å². The second kappa shape index (κ2) is 19.5. The maximum atomic E-state index is 8.77. The fourth-order valence-electron chi connectivity index (χ4n) is 0. The average molecular weight is 269 g/mol. The van der Waals surface area contributed by atoms with Crippen LogP contribution in [0.4, 0.5) is 0 Å². The third-order valence-corrected chi connectivity index (χ3v) is 0. The summed E-state index contributed by atoms with van der Waals surface area (Å²) in [5.74, 6) is 0. The Labute approximate surface area is 179 Å². The van der Waals surface area contributed by atoms with Crippen LogP contribution in [0.1, 0.15) is 0 Å². The normalized spacial score (nSPS) is 5.90. The fourth-order valence-corrected chi connectivity index (χ4v) is 0. The van der Waals surface area contributed by atoms with E-state index in [1.54, 1.807) is 0 Å². The summed E-state index contributed by atoms with van der Waals surface area (Å²) in [4.78, 5) is 22.9. The zero-order chi connectivity index (χ0) is 4.50. The SMILES string of the molecule is O=P([O-])(O)O.[Cl-].[Cl-].[K+].[K+].[Na+]. The third kappa shape index (κ3) is 75.3. The molecule has 0 amide bonds. The maximum absolute atomic E-state index is 8.77. The predicted molar refractivity (Wildman–Crippen MR) is 12.0 cm³/mol. The van der Waals surface area contributed by atoms with Gasteiger partial charge in [-0.15, -0.1) is 0 Å². The minimum atomic E-state index is -4.89. The molecule has 0 saturated heterocycles. The molecule has 10 heteroatoms. The molecular formula is H2Cl2K2NaO4P. The van der Waals surface area contributed by atoms with Gasteiger partial charge in [0.1, 0.15) is 0 Å². The van der Waals surface area contributed by atoms with E-state index < -0.39 is 7.82 Å². The number of hydrogen-bond donors (Lipinski definition) is 2. The Morgan fingerprint density at radius 3 is 1.10 bits per heavy atom. The maximum Gasteiger partial charge on any atom is 1.00 e. The van der Waals surface area contributed by atoms with Crippen molar-refractivity contribution in [3.63, 3.8) is 0 Å². The van der Waals surface area contributed by atoms with Crippen LogP contribution in [0.5, 0.6) is 0 Å². The molecule has 0 radical (unpaired) electrons. The van der Waals surface area contributed by atoms with Gasteiger partial charge in [-0.25, -0.2) is 0 Å². The molecule has 0 aromatic rings. The van der Waals surface area contributed by atoms with Crippen LogP contribution in [-0.2, 0) is 4.57 Å². The monoisotopic (exact) mass is 268 g/mol. The van der Waals surface area contributed by atoms with Crippen LogP contribution in [0.3, 0.4) is 0 Å². The Morgan fingerprint density at radius 2 is 1.10 bits per heavy atom. The summed E-state index contributed by atoms with van der Waals surface area (Å²) in [5, 5.41) is 0. The van der Waals surface area contributed by atoms with E-state index >= 15 is 0 Å². The first-order valence-corrected chi connectivity index (χ1v) is 2.30. The Morgan fingerprint density at radius 1 is 1.10 bits per heavy atom. The van der Waals surface area contributed by atoms with Gasteiger partial charge in [-0.1, -0.05) is 0 Å². The molecule has 0 spiro atoms. The molecule has 48 valence electrons. The first kappa shape index (κ1) is 36.3. The van der Waals surface area contributed by atoms with Crippen LogP contribution in [0.25, 0.3) is 0 Å². The summed E-state index contributed by atoms with van der Waals surface area (Å²) < 4.78 is 8.77. The first-order valence-electron chi connectivity index (χ1n) is 0.765. The molecule has 0 bridgehead atoms. The molecule has 0 aliphatic rings. The molecule has 0 heterocycles. The van der Waals surface area contributed by atoms with Crippen molar-refractivity contribution in [1.82, 2.24) is 0 Å². The number of rotatable bonds is 0. The molecule has 2 N–H and O–H groups in total. The van der Waals surface area contributed by atoms with Crippen LogP contribution >= 0.6 is 7.82 Å². The molecular weight excluding hydrogens is 267 g/mol. The van der Waals surface area contributed by atoms with Crippen LogP contribution in [-0.4, -0.2) is 9.79 Å². The van der Waals surface area contributed by atoms with Crippen molar-refractivity contribution in [3.8, 4) is 0 Å². The minimum absolute atomic E-state index is 0. The van der Waals surface area contributed by atoms with Gasteiger partial charge in [0, 0.05) is 0 Å². The standard InChI is InChI=1S/2ClH.2K.Na.H3O4P/c;;;;;1-5(2,3)4/h2*1H;;;;(H3,1,2,3,4)/q;;3*+1;/p-3. The third-order valence-electron chi connectivity index (χ3n) is 0. The zero-order valence-corrected chi connectivity index (χ0v) is 16.6. The summed E-state index contributed by atoms with van der Waals surface area (Å²) in [6.45, 7) is 0. The summed E-state index contributed by atoms with van der Waals surface area (Å²) >= 11 is 0. The summed E-state index contributed by atoms with van der Waals surface area (Å²) in [5.41, 5.74) is 0. The van der Waals surface area contributed by atoms with Crippen molar-refractivity contribution in [2.24, 2.45) is 0 Å².